The van der Waals surface area contributed by atoms with Crippen molar-refractivity contribution in [2.75, 3.05) is 0 Å². The summed E-state index contributed by atoms with van der Waals surface area (Å²) >= 11 is 5.10. The second kappa shape index (κ2) is 5.65. The van der Waals surface area contributed by atoms with Crippen LogP contribution in [-0.4, -0.2) is 9.97 Å². The Kier molecular flexibility index (Phi) is 4.18. The Bertz CT molecular complexity index is 491. The first kappa shape index (κ1) is 12.6. The van der Waals surface area contributed by atoms with E-state index in [-0.39, 0.29) is 0 Å². The van der Waals surface area contributed by atoms with Crippen molar-refractivity contribution in [3.63, 3.8) is 0 Å². The van der Waals surface area contributed by atoms with Crippen molar-refractivity contribution in [3.05, 3.63) is 51.9 Å². The number of aromatic nitrogens is 2. The number of halogens is 1. The summed E-state index contributed by atoms with van der Waals surface area (Å²) in [6.45, 7) is 4.12. The first-order valence-corrected chi connectivity index (χ1v) is 7.10. The third-order valence-electron chi connectivity index (χ3n) is 2.23. The molecule has 0 unspecified atom stereocenters. The zero-order valence-electron chi connectivity index (χ0n) is 9.77. The number of nitrogens with zero attached hydrogens (tertiary/aromatic N) is 2. The Hall–Kier alpha value is -0.870. The molecule has 0 saturated carbocycles. The van der Waals surface area contributed by atoms with E-state index in [0.29, 0.717) is 0 Å². The molecular formula is C13H13BrN2S. The van der Waals surface area contributed by atoms with Gasteiger partial charge >= 0.3 is 0 Å². The normalized spacial score (nSPS) is 10.5. The van der Waals surface area contributed by atoms with E-state index in [1.807, 2.05) is 25.3 Å². The van der Waals surface area contributed by atoms with Crippen LogP contribution in [0.5, 0.6) is 0 Å². The Morgan fingerprint density at radius 2 is 2.06 bits per heavy atom. The van der Waals surface area contributed by atoms with Crippen molar-refractivity contribution in [1.82, 2.24) is 9.97 Å². The molecule has 17 heavy (non-hydrogen) atoms. The fourth-order valence-corrected chi connectivity index (χ4v) is 2.70. The Balaban J connectivity index is 2.04. The van der Waals surface area contributed by atoms with E-state index >= 15 is 0 Å². The van der Waals surface area contributed by atoms with Crippen molar-refractivity contribution in [2.24, 2.45) is 0 Å². The number of thioether (sulfide) groups is 1. The summed E-state index contributed by atoms with van der Waals surface area (Å²) in [7, 11) is 0. The Morgan fingerprint density at radius 3 is 2.71 bits per heavy atom. The third-order valence-corrected chi connectivity index (χ3v) is 3.64. The summed E-state index contributed by atoms with van der Waals surface area (Å²) in [5.41, 5.74) is 3.39. The van der Waals surface area contributed by atoms with Gasteiger partial charge in [0.2, 0.25) is 0 Å². The predicted molar refractivity (Wildman–Crippen MR) is 75.2 cm³/mol. The molecule has 2 rings (SSSR count). The van der Waals surface area contributed by atoms with Gasteiger partial charge in [0.15, 0.2) is 0 Å². The van der Waals surface area contributed by atoms with Crippen molar-refractivity contribution in [3.8, 4) is 0 Å². The average molecular weight is 309 g/mol. The number of pyridine rings is 2. The third kappa shape index (κ3) is 3.82. The smallest absolute Gasteiger partial charge is 0.0969 e. The average Bonchev–Trinajstić information content (AvgIpc) is 2.27. The maximum absolute atomic E-state index is 4.49. The number of aryl methyl sites for hydroxylation is 2. The molecule has 0 atom stereocenters. The highest BCUT2D eigenvalue weighted by atomic mass is 79.9. The van der Waals surface area contributed by atoms with Crippen molar-refractivity contribution in [2.45, 2.75) is 24.6 Å². The minimum Gasteiger partial charge on any atom is -0.259 e. The lowest BCUT2D eigenvalue weighted by molar-refractivity contribution is 1.04. The number of hydrogen-bond donors (Lipinski definition) is 0. The zero-order valence-corrected chi connectivity index (χ0v) is 12.2. The quantitative estimate of drug-likeness (QED) is 0.797. The highest BCUT2D eigenvalue weighted by molar-refractivity contribution is 9.10. The molecule has 0 radical (unpaired) electrons. The summed E-state index contributed by atoms with van der Waals surface area (Å²) in [4.78, 5) is 8.84. The molecule has 0 aliphatic rings. The van der Waals surface area contributed by atoms with Gasteiger partial charge in [0.1, 0.15) is 0 Å². The van der Waals surface area contributed by atoms with E-state index in [2.05, 4.69) is 45.0 Å². The molecule has 0 spiro atoms. The minimum absolute atomic E-state index is 0.850. The molecular weight excluding hydrogens is 296 g/mol. The monoisotopic (exact) mass is 308 g/mol. The van der Waals surface area contributed by atoms with Crippen LogP contribution in [0.25, 0.3) is 0 Å². The zero-order chi connectivity index (χ0) is 12.3. The number of rotatable bonds is 3. The molecule has 0 N–H and O–H groups in total. The van der Waals surface area contributed by atoms with Gasteiger partial charge in [-0.1, -0.05) is 0 Å². The van der Waals surface area contributed by atoms with Crippen LogP contribution in [0.15, 0.2) is 40.0 Å². The van der Waals surface area contributed by atoms with Crippen LogP contribution in [0.1, 0.15) is 17.0 Å². The van der Waals surface area contributed by atoms with Gasteiger partial charge in [-0.2, -0.15) is 0 Å². The van der Waals surface area contributed by atoms with Gasteiger partial charge in [0.05, 0.1) is 10.7 Å². The van der Waals surface area contributed by atoms with Crippen molar-refractivity contribution >= 4 is 27.7 Å². The Morgan fingerprint density at radius 1 is 1.24 bits per heavy atom. The highest BCUT2D eigenvalue weighted by Gasteiger charge is 2.01. The van der Waals surface area contributed by atoms with Crippen LogP contribution in [0.4, 0.5) is 0 Å². The number of hydrogen-bond acceptors (Lipinski definition) is 3. The molecule has 88 valence electrons. The lowest BCUT2D eigenvalue weighted by Crippen LogP contribution is -1.89. The van der Waals surface area contributed by atoms with Crippen LogP contribution in [0.3, 0.4) is 0 Å². The van der Waals surface area contributed by atoms with Crippen LogP contribution in [0, 0.1) is 13.8 Å². The molecule has 2 heterocycles. The van der Waals surface area contributed by atoms with Gasteiger partial charge < -0.3 is 0 Å². The fraction of sp³-hybridized carbons (Fsp3) is 0.231. The van der Waals surface area contributed by atoms with E-state index < -0.39 is 0 Å². The molecule has 0 saturated heterocycles. The van der Waals surface area contributed by atoms with E-state index in [1.54, 1.807) is 11.8 Å². The van der Waals surface area contributed by atoms with Gasteiger partial charge in [0.25, 0.3) is 0 Å². The summed E-state index contributed by atoms with van der Waals surface area (Å²) in [5, 5.41) is 1.06. The highest BCUT2D eigenvalue weighted by Crippen LogP contribution is 2.21. The predicted octanol–water partition coefficient (Wildman–Crippen LogP) is 4.15. The molecule has 2 nitrogen and oxygen atoms in total. The van der Waals surface area contributed by atoms with Gasteiger partial charge in [-0.15, -0.1) is 11.8 Å². The van der Waals surface area contributed by atoms with E-state index in [1.165, 1.54) is 5.56 Å². The Labute approximate surface area is 114 Å². The molecule has 0 fully saturated rings. The molecule has 4 heteroatoms. The molecule has 0 aromatic carbocycles. The largest absolute Gasteiger partial charge is 0.259 e. The standard InChI is InChI=1S/C13H13BrN2S/c1-9-5-10(2)16-13(6-9)17-8-12-4-3-11(14)7-15-12/h3-7H,8H2,1-2H3. The van der Waals surface area contributed by atoms with E-state index in [0.717, 1.165) is 26.6 Å². The van der Waals surface area contributed by atoms with Crippen LogP contribution in [0.2, 0.25) is 0 Å². The van der Waals surface area contributed by atoms with Crippen LogP contribution in [-0.2, 0) is 5.75 Å². The van der Waals surface area contributed by atoms with Gasteiger partial charge in [-0.05, 0) is 59.6 Å². The topological polar surface area (TPSA) is 25.8 Å². The maximum Gasteiger partial charge on any atom is 0.0969 e. The molecule has 2 aromatic rings. The fourth-order valence-electron chi connectivity index (χ4n) is 1.52. The van der Waals surface area contributed by atoms with Crippen LogP contribution >= 0.6 is 27.7 Å². The van der Waals surface area contributed by atoms with E-state index in [4.69, 9.17) is 0 Å². The maximum atomic E-state index is 4.49. The lowest BCUT2D eigenvalue weighted by atomic mass is 10.3. The molecule has 0 aliphatic carbocycles. The molecule has 0 aliphatic heterocycles. The summed E-state index contributed by atoms with van der Waals surface area (Å²) in [6, 6.07) is 8.23. The second-order valence-corrected chi connectivity index (χ2v) is 5.79. The van der Waals surface area contributed by atoms with Gasteiger partial charge in [-0.3, -0.25) is 4.98 Å². The first-order valence-electron chi connectivity index (χ1n) is 5.32. The summed E-state index contributed by atoms with van der Waals surface area (Å²) in [6.07, 6.45) is 1.82. The summed E-state index contributed by atoms with van der Waals surface area (Å²) in [5.74, 6) is 0.850. The molecule has 0 amide bonds. The molecule has 0 bridgehead atoms. The SMILES string of the molecule is Cc1cc(C)nc(SCc2ccc(Br)cn2)c1. The van der Waals surface area contributed by atoms with Crippen LogP contribution < -0.4 is 0 Å². The van der Waals surface area contributed by atoms with Crippen molar-refractivity contribution in [1.29, 1.82) is 0 Å². The molecule has 2 aromatic heterocycles. The van der Waals surface area contributed by atoms with Crippen molar-refractivity contribution < 1.29 is 0 Å². The first-order chi connectivity index (χ1) is 8.13. The lowest BCUT2D eigenvalue weighted by Gasteiger charge is -2.03. The minimum atomic E-state index is 0.850. The summed E-state index contributed by atoms with van der Waals surface area (Å²) < 4.78 is 1.01. The second-order valence-electron chi connectivity index (χ2n) is 3.88. The van der Waals surface area contributed by atoms with Gasteiger partial charge in [0, 0.05) is 22.1 Å². The van der Waals surface area contributed by atoms with Gasteiger partial charge in [-0.25, -0.2) is 4.98 Å². The van der Waals surface area contributed by atoms with E-state index in [9.17, 15) is 0 Å².